The summed E-state index contributed by atoms with van der Waals surface area (Å²) in [7, 11) is 0. The maximum atomic E-state index is 12.4. The number of fused-ring (bicyclic) bond motifs is 1. The molecule has 6 nitrogen and oxygen atoms in total. The van der Waals surface area contributed by atoms with E-state index >= 15 is 0 Å². The molecule has 1 aromatic heterocycles. The molecule has 0 spiro atoms. The van der Waals surface area contributed by atoms with Gasteiger partial charge in [0, 0.05) is 12.1 Å². The first-order valence-electron chi connectivity index (χ1n) is 7.62. The molecule has 2 unspecified atom stereocenters. The average Bonchev–Trinajstić information content (AvgIpc) is 2.53. The number of piperidine rings is 1. The number of hydrogen-bond donors (Lipinski definition) is 2. The summed E-state index contributed by atoms with van der Waals surface area (Å²) < 4.78 is 1.36. The summed E-state index contributed by atoms with van der Waals surface area (Å²) in [6, 6.07) is 7.52. The van der Waals surface area contributed by atoms with Crippen LogP contribution in [0.1, 0.15) is 19.8 Å². The van der Waals surface area contributed by atoms with Crippen LogP contribution >= 0.6 is 12.4 Å². The van der Waals surface area contributed by atoms with Crippen molar-refractivity contribution in [2.75, 3.05) is 6.54 Å². The van der Waals surface area contributed by atoms with Crippen molar-refractivity contribution in [3.8, 4) is 0 Å². The molecule has 2 aromatic rings. The van der Waals surface area contributed by atoms with Crippen molar-refractivity contribution in [2.24, 2.45) is 0 Å². The Kier molecular flexibility index (Phi) is 5.74. The van der Waals surface area contributed by atoms with E-state index in [4.69, 9.17) is 0 Å². The van der Waals surface area contributed by atoms with Crippen molar-refractivity contribution in [2.45, 2.75) is 38.4 Å². The van der Waals surface area contributed by atoms with Gasteiger partial charge in [-0.3, -0.25) is 14.2 Å². The summed E-state index contributed by atoms with van der Waals surface area (Å²) in [6.45, 7) is 3.05. The first-order chi connectivity index (χ1) is 10.6. The van der Waals surface area contributed by atoms with Crippen LogP contribution in [0.2, 0.25) is 0 Å². The highest BCUT2D eigenvalue weighted by Crippen LogP contribution is 2.08. The van der Waals surface area contributed by atoms with E-state index in [9.17, 15) is 9.59 Å². The highest BCUT2D eigenvalue weighted by molar-refractivity contribution is 5.85. The molecule has 1 aromatic carbocycles. The molecule has 2 N–H and O–H groups in total. The summed E-state index contributed by atoms with van der Waals surface area (Å²) in [4.78, 5) is 28.8. The zero-order valence-electron chi connectivity index (χ0n) is 13.0. The molecule has 0 aliphatic carbocycles. The number of benzene rings is 1. The Hall–Kier alpha value is -1.92. The van der Waals surface area contributed by atoms with Crippen molar-refractivity contribution in [3.63, 3.8) is 0 Å². The molecular formula is C16H21ClN4O2. The highest BCUT2D eigenvalue weighted by Gasteiger charge is 2.22. The fourth-order valence-corrected chi connectivity index (χ4v) is 2.87. The lowest BCUT2D eigenvalue weighted by Crippen LogP contribution is -2.52. The number of hydrogen-bond acceptors (Lipinski definition) is 4. The molecule has 3 rings (SSSR count). The smallest absolute Gasteiger partial charge is 0.261 e. The van der Waals surface area contributed by atoms with Crippen LogP contribution in [-0.2, 0) is 11.3 Å². The predicted octanol–water partition coefficient (Wildman–Crippen LogP) is 1.07. The molecule has 0 radical (unpaired) electrons. The zero-order valence-corrected chi connectivity index (χ0v) is 13.8. The van der Waals surface area contributed by atoms with Crippen molar-refractivity contribution in [1.82, 2.24) is 20.2 Å². The minimum Gasteiger partial charge on any atom is -0.350 e. The summed E-state index contributed by atoms with van der Waals surface area (Å²) >= 11 is 0. The number of halogens is 1. The lowest BCUT2D eigenvalue weighted by Gasteiger charge is -2.30. The molecule has 124 valence electrons. The minimum absolute atomic E-state index is 0. The largest absolute Gasteiger partial charge is 0.350 e. The molecule has 2 heterocycles. The van der Waals surface area contributed by atoms with Gasteiger partial charge in [0.1, 0.15) is 6.54 Å². The van der Waals surface area contributed by atoms with Crippen LogP contribution in [0.4, 0.5) is 0 Å². The molecule has 1 saturated heterocycles. The van der Waals surface area contributed by atoms with Gasteiger partial charge in [0.15, 0.2) is 0 Å². The van der Waals surface area contributed by atoms with E-state index in [1.54, 1.807) is 18.2 Å². The van der Waals surface area contributed by atoms with Crippen molar-refractivity contribution >= 4 is 29.2 Å². The first-order valence-corrected chi connectivity index (χ1v) is 7.62. The minimum atomic E-state index is -0.185. The highest BCUT2D eigenvalue weighted by atomic mass is 35.5. The second-order valence-electron chi connectivity index (χ2n) is 5.75. The number of carbonyl (C=O) groups excluding carboxylic acids is 1. The molecule has 1 amide bonds. The molecule has 7 heteroatoms. The Labute approximate surface area is 140 Å². The van der Waals surface area contributed by atoms with Crippen LogP contribution in [0.3, 0.4) is 0 Å². The number of nitrogens with one attached hydrogen (secondary N) is 2. The maximum absolute atomic E-state index is 12.4. The van der Waals surface area contributed by atoms with Gasteiger partial charge < -0.3 is 10.6 Å². The summed E-state index contributed by atoms with van der Waals surface area (Å²) in [5.41, 5.74) is 0.463. The van der Waals surface area contributed by atoms with Crippen LogP contribution in [0, 0.1) is 0 Å². The summed E-state index contributed by atoms with van der Waals surface area (Å²) in [5, 5.41) is 6.88. The Morgan fingerprint density at radius 3 is 3.00 bits per heavy atom. The van der Waals surface area contributed by atoms with Gasteiger partial charge in [-0.2, -0.15) is 0 Å². The van der Waals surface area contributed by atoms with Crippen LogP contribution in [-0.4, -0.2) is 34.1 Å². The van der Waals surface area contributed by atoms with Crippen LogP contribution in [0.25, 0.3) is 10.9 Å². The number of nitrogens with zero attached hydrogens (tertiary/aromatic N) is 2. The van der Waals surface area contributed by atoms with E-state index in [1.807, 2.05) is 6.07 Å². The Bertz CT molecular complexity index is 746. The molecule has 2 atom stereocenters. The van der Waals surface area contributed by atoms with Gasteiger partial charge in [-0.05, 0) is 38.4 Å². The topological polar surface area (TPSA) is 76.0 Å². The monoisotopic (exact) mass is 336 g/mol. The third-order valence-electron chi connectivity index (χ3n) is 4.15. The van der Waals surface area contributed by atoms with E-state index in [0.717, 1.165) is 19.4 Å². The van der Waals surface area contributed by atoms with E-state index in [-0.39, 0.29) is 42.5 Å². The molecule has 0 bridgehead atoms. The maximum Gasteiger partial charge on any atom is 0.261 e. The fourth-order valence-electron chi connectivity index (χ4n) is 2.87. The quantitative estimate of drug-likeness (QED) is 0.879. The number of aromatic nitrogens is 2. The Balaban J connectivity index is 0.00000192. The SMILES string of the molecule is CC1NCCCC1NC(=O)Cn1cnc2ccccc2c1=O.Cl. The first kappa shape index (κ1) is 17.4. The number of para-hydroxylation sites is 1. The summed E-state index contributed by atoms with van der Waals surface area (Å²) in [6.07, 6.45) is 3.45. The van der Waals surface area contributed by atoms with Crippen molar-refractivity contribution in [1.29, 1.82) is 0 Å². The molecule has 23 heavy (non-hydrogen) atoms. The van der Waals surface area contributed by atoms with Gasteiger partial charge in [0.05, 0.1) is 17.2 Å². The van der Waals surface area contributed by atoms with Gasteiger partial charge in [0.25, 0.3) is 5.56 Å². The summed E-state index contributed by atoms with van der Waals surface area (Å²) in [5.74, 6) is -0.153. The third-order valence-corrected chi connectivity index (χ3v) is 4.15. The molecule has 1 aliphatic heterocycles. The van der Waals surface area contributed by atoms with Gasteiger partial charge in [-0.25, -0.2) is 4.98 Å². The average molecular weight is 337 g/mol. The van der Waals surface area contributed by atoms with Gasteiger partial charge in [0.2, 0.25) is 5.91 Å². The molecule has 0 saturated carbocycles. The third kappa shape index (κ3) is 3.89. The second kappa shape index (κ2) is 7.57. The number of carbonyl (C=O) groups is 1. The van der Waals surface area contributed by atoms with E-state index < -0.39 is 0 Å². The number of amides is 1. The van der Waals surface area contributed by atoms with Gasteiger partial charge in [-0.15, -0.1) is 12.4 Å². The van der Waals surface area contributed by atoms with Gasteiger partial charge in [-0.1, -0.05) is 12.1 Å². The Morgan fingerprint density at radius 1 is 1.43 bits per heavy atom. The van der Waals surface area contributed by atoms with E-state index in [2.05, 4.69) is 22.5 Å². The normalized spacial score (nSPS) is 20.7. The predicted molar refractivity (Wildman–Crippen MR) is 91.9 cm³/mol. The van der Waals surface area contributed by atoms with Crippen molar-refractivity contribution < 1.29 is 4.79 Å². The standard InChI is InChI=1S/C16H20N4O2.ClH/c1-11-13(7-4-8-17-11)19-15(21)9-20-10-18-14-6-3-2-5-12(14)16(20)22;/h2-3,5-6,10-11,13,17H,4,7-9H2,1H3,(H,19,21);1H. The van der Waals surface area contributed by atoms with Crippen molar-refractivity contribution in [3.05, 3.63) is 40.9 Å². The Morgan fingerprint density at radius 2 is 2.22 bits per heavy atom. The van der Waals surface area contributed by atoms with Gasteiger partial charge >= 0.3 is 0 Å². The van der Waals surface area contributed by atoms with E-state index in [0.29, 0.717) is 10.9 Å². The van der Waals surface area contributed by atoms with Crippen LogP contribution in [0.5, 0.6) is 0 Å². The molecule has 1 aliphatic rings. The van der Waals surface area contributed by atoms with Crippen LogP contribution in [0.15, 0.2) is 35.4 Å². The number of rotatable bonds is 3. The van der Waals surface area contributed by atoms with E-state index in [1.165, 1.54) is 10.9 Å². The lowest BCUT2D eigenvalue weighted by atomic mass is 10.00. The molecule has 1 fully saturated rings. The fraction of sp³-hybridized carbons (Fsp3) is 0.438. The second-order valence-corrected chi connectivity index (χ2v) is 5.75. The lowest BCUT2D eigenvalue weighted by molar-refractivity contribution is -0.122. The zero-order chi connectivity index (χ0) is 15.5. The molecular weight excluding hydrogens is 316 g/mol. The van der Waals surface area contributed by atoms with Crippen LogP contribution < -0.4 is 16.2 Å².